The number of fused-ring (bicyclic) bond motifs is 1. The number of carbonyl (C=O) groups is 2. The average Bonchev–Trinajstić information content (AvgIpc) is 3.24. The molecule has 0 unspecified atom stereocenters. The van der Waals surface area contributed by atoms with Crippen molar-refractivity contribution in [1.82, 2.24) is 19.7 Å². The predicted molar refractivity (Wildman–Crippen MR) is 133 cm³/mol. The fraction of sp³-hybridized carbons (Fsp3) is 0.200. The third-order valence-electron chi connectivity index (χ3n) is 5.07. The van der Waals surface area contributed by atoms with Crippen molar-refractivity contribution in [3.63, 3.8) is 0 Å². The molecule has 0 bridgehead atoms. The van der Waals surface area contributed by atoms with Crippen LogP contribution >= 0.6 is 11.8 Å². The number of nitrogens with zero attached hydrogens (tertiary/aromatic N) is 4. The van der Waals surface area contributed by atoms with Crippen molar-refractivity contribution in [1.29, 1.82) is 0 Å². The van der Waals surface area contributed by atoms with Crippen molar-refractivity contribution < 1.29 is 9.59 Å². The Hall–Kier alpha value is -3.65. The summed E-state index contributed by atoms with van der Waals surface area (Å²) in [6.45, 7) is 4.05. The molecule has 2 aromatic carbocycles. The lowest BCUT2D eigenvalue weighted by Gasteiger charge is -2.14. The second kappa shape index (κ2) is 9.46. The molecule has 2 amide bonds. The molecule has 8 heteroatoms. The summed E-state index contributed by atoms with van der Waals surface area (Å²) in [6.07, 6.45) is 1.68. The van der Waals surface area contributed by atoms with Gasteiger partial charge in [-0.15, -0.1) is 0 Å². The molecule has 4 aromatic rings. The number of thioether (sulfide) groups is 1. The Morgan fingerprint density at radius 3 is 2.42 bits per heavy atom. The number of anilines is 1. The van der Waals surface area contributed by atoms with Crippen molar-refractivity contribution in [3.05, 3.63) is 72.4 Å². The molecule has 2 heterocycles. The zero-order valence-electron chi connectivity index (χ0n) is 18.9. The topological polar surface area (TPSA) is 80.1 Å². The highest BCUT2D eigenvalue weighted by Crippen LogP contribution is 2.31. The highest BCUT2D eigenvalue weighted by molar-refractivity contribution is 8.13. The number of amides is 2. The average molecular weight is 460 g/mol. The minimum Gasteiger partial charge on any atom is -0.339 e. The summed E-state index contributed by atoms with van der Waals surface area (Å²) in [6, 6.07) is 18.9. The summed E-state index contributed by atoms with van der Waals surface area (Å²) in [4.78, 5) is 32.7. The largest absolute Gasteiger partial charge is 0.339 e. The summed E-state index contributed by atoms with van der Waals surface area (Å²) < 4.78 is 1.82. The molecule has 1 N–H and O–H groups in total. The zero-order valence-corrected chi connectivity index (χ0v) is 19.8. The van der Waals surface area contributed by atoms with Gasteiger partial charge in [-0.1, -0.05) is 42.5 Å². The number of hydrogen-bond acceptors (Lipinski definition) is 5. The number of nitrogens with one attached hydrogen (secondary N) is 1. The van der Waals surface area contributed by atoms with Crippen LogP contribution in [-0.4, -0.2) is 44.9 Å². The van der Waals surface area contributed by atoms with Crippen LogP contribution in [0.15, 0.2) is 71.8 Å². The van der Waals surface area contributed by atoms with Crippen molar-refractivity contribution in [3.8, 4) is 11.3 Å². The van der Waals surface area contributed by atoms with E-state index < -0.39 is 0 Å². The SMILES string of the molecule is CC(C)n1ncc2c(C(=O)Nc3ccccc3SC(=O)N(C)C)cc(-c3ccccc3)nc21. The van der Waals surface area contributed by atoms with Crippen LogP contribution in [0.2, 0.25) is 0 Å². The number of benzene rings is 2. The molecule has 0 atom stereocenters. The molecule has 168 valence electrons. The maximum absolute atomic E-state index is 13.5. The van der Waals surface area contributed by atoms with Gasteiger partial charge in [0.25, 0.3) is 11.1 Å². The third kappa shape index (κ3) is 4.75. The summed E-state index contributed by atoms with van der Waals surface area (Å²) in [7, 11) is 3.39. The van der Waals surface area contributed by atoms with Gasteiger partial charge in [0.15, 0.2) is 5.65 Å². The monoisotopic (exact) mass is 459 g/mol. The van der Waals surface area contributed by atoms with E-state index in [0.717, 1.165) is 17.3 Å². The Morgan fingerprint density at radius 2 is 1.73 bits per heavy atom. The Kier molecular flexibility index (Phi) is 6.46. The summed E-state index contributed by atoms with van der Waals surface area (Å²) in [5.41, 5.74) is 3.32. The van der Waals surface area contributed by atoms with Crippen LogP contribution < -0.4 is 5.32 Å². The molecule has 0 aliphatic carbocycles. The molecular formula is C25H25N5O2S. The van der Waals surface area contributed by atoms with Gasteiger partial charge in [0.1, 0.15) is 0 Å². The second-order valence-electron chi connectivity index (χ2n) is 8.05. The molecule has 7 nitrogen and oxygen atoms in total. The predicted octanol–water partition coefficient (Wildman–Crippen LogP) is 5.71. The fourth-order valence-corrected chi connectivity index (χ4v) is 4.12. The molecular weight excluding hydrogens is 434 g/mol. The van der Waals surface area contributed by atoms with Crippen LogP contribution in [0.4, 0.5) is 10.5 Å². The molecule has 0 aliphatic heterocycles. The first-order valence-electron chi connectivity index (χ1n) is 10.6. The van der Waals surface area contributed by atoms with Crippen LogP contribution in [0, 0.1) is 0 Å². The lowest BCUT2D eigenvalue weighted by Crippen LogP contribution is -2.17. The normalized spacial score (nSPS) is 11.1. The maximum atomic E-state index is 13.5. The van der Waals surface area contributed by atoms with Gasteiger partial charge in [-0.2, -0.15) is 5.10 Å². The highest BCUT2D eigenvalue weighted by Gasteiger charge is 2.20. The molecule has 2 aromatic heterocycles. The van der Waals surface area contributed by atoms with Gasteiger partial charge in [-0.05, 0) is 43.8 Å². The van der Waals surface area contributed by atoms with Gasteiger partial charge in [-0.25, -0.2) is 9.67 Å². The number of pyridine rings is 1. The Balaban J connectivity index is 1.77. The third-order valence-corrected chi connectivity index (χ3v) is 6.18. The van der Waals surface area contributed by atoms with Gasteiger partial charge < -0.3 is 10.2 Å². The lowest BCUT2D eigenvalue weighted by atomic mass is 10.1. The summed E-state index contributed by atoms with van der Waals surface area (Å²) in [5.74, 6) is -0.284. The van der Waals surface area contributed by atoms with E-state index in [0.29, 0.717) is 32.9 Å². The second-order valence-corrected chi connectivity index (χ2v) is 9.05. The number of carbonyl (C=O) groups excluding carboxylic acids is 2. The molecule has 0 fully saturated rings. The molecule has 0 saturated heterocycles. The van der Waals surface area contributed by atoms with Crippen LogP contribution in [0.1, 0.15) is 30.2 Å². The van der Waals surface area contributed by atoms with Crippen molar-refractivity contribution >= 4 is 39.6 Å². The van der Waals surface area contributed by atoms with E-state index in [4.69, 9.17) is 4.98 Å². The minimum atomic E-state index is -0.284. The maximum Gasteiger partial charge on any atom is 0.286 e. The summed E-state index contributed by atoms with van der Waals surface area (Å²) >= 11 is 1.07. The Labute approximate surface area is 196 Å². The van der Waals surface area contributed by atoms with Gasteiger partial charge >= 0.3 is 0 Å². The zero-order chi connectivity index (χ0) is 23.5. The number of hydrogen-bond donors (Lipinski definition) is 1. The molecule has 0 radical (unpaired) electrons. The first-order valence-corrected chi connectivity index (χ1v) is 11.4. The smallest absolute Gasteiger partial charge is 0.286 e. The van der Waals surface area contributed by atoms with E-state index in [2.05, 4.69) is 10.4 Å². The van der Waals surface area contributed by atoms with Crippen molar-refractivity contribution in [2.24, 2.45) is 0 Å². The molecule has 0 aliphatic rings. The fourth-order valence-electron chi connectivity index (χ4n) is 3.37. The Morgan fingerprint density at radius 1 is 1.03 bits per heavy atom. The standard InChI is InChI=1S/C25H25N5O2S/c1-16(2)30-23-19(15-26-30)18(14-21(27-23)17-10-6-5-7-11-17)24(31)28-20-12-8-9-13-22(20)33-25(32)29(3)4/h5-16H,1-4H3,(H,28,31). The van der Waals surface area contributed by atoms with E-state index in [1.807, 2.05) is 67.1 Å². The van der Waals surface area contributed by atoms with Crippen LogP contribution in [0.5, 0.6) is 0 Å². The number of aromatic nitrogens is 3. The van der Waals surface area contributed by atoms with E-state index in [-0.39, 0.29) is 17.2 Å². The first kappa shape index (κ1) is 22.5. The molecule has 33 heavy (non-hydrogen) atoms. The first-order chi connectivity index (χ1) is 15.8. The van der Waals surface area contributed by atoms with Crippen LogP contribution in [-0.2, 0) is 0 Å². The van der Waals surface area contributed by atoms with Crippen molar-refractivity contribution in [2.45, 2.75) is 24.8 Å². The van der Waals surface area contributed by atoms with Crippen LogP contribution in [0.3, 0.4) is 0 Å². The van der Waals surface area contributed by atoms with Gasteiger partial charge in [0, 0.05) is 30.6 Å². The number of para-hydroxylation sites is 1. The van der Waals surface area contributed by atoms with E-state index >= 15 is 0 Å². The van der Waals surface area contributed by atoms with Crippen LogP contribution in [0.25, 0.3) is 22.3 Å². The highest BCUT2D eigenvalue weighted by atomic mass is 32.2. The Bertz CT molecular complexity index is 1320. The van der Waals surface area contributed by atoms with E-state index in [1.165, 1.54) is 4.90 Å². The summed E-state index contributed by atoms with van der Waals surface area (Å²) in [5, 5.41) is 8.02. The molecule has 0 saturated carbocycles. The number of rotatable bonds is 5. The quantitative estimate of drug-likeness (QED) is 0.387. The molecule has 0 spiro atoms. The lowest BCUT2D eigenvalue weighted by molar-refractivity contribution is 0.102. The van der Waals surface area contributed by atoms with Gasteiger partial charge in [0.2, 0.25) is 0 Å². The molecule has 4 rings (SSSR count). The van der Waals surface area contributed by atoms with Gasteiger partial charge in [-0.3, -0.25) is 9.59 Å². The van der Waals surface area contributed by atoms with Gasteiger partial charge in [0.05, 0.1) is 28.5 Å². The van der Waals surface area contributed by atoms with E-state index in [9.17, 15) is 9.59 Å². The van der Waals surface area contributed by atoms with E-state index in [1.54, 1.807) is 32.4 Å². The minimum absolute atomic E-state index is 0.0890. The van der Waals surface area contributed by atoms with Crippen molar-refractivity contribution in [2.75, 3.05) is 19.4 Å².